The lowest BCUT2D eigenvalue weighted by Gasteiger charge is -2.15. The summed E-state index contributed by atoms with van der Waals surface area (Å²) in [4.78, 5) is 31.3. The number of carboxylic acids is 3. The zero-order valence-electron chi connectivity index (χ0n) is 11.0. The Kier molecular flexibility index (Phi) is 9.48. The van der Waals surface area contributed by atoms with Crippen molar-refractivity contribution in [2.45, 2.75) is 57.8 Å². The van der Waals surface area contributed by atoms with Crippen molar-refractivity contribution < 1.29 is 29.7 Å². The molecule has 0 aromatic carbocycles. The van der Waals surface area contributed by atoms with Crippen molar-refractivity contribution in [3.63, 3.8) is 0 Å². The van der Waals surface area contributed by atoms with Gasteiger partial charge in [0.1, 0.15) is 0 Å². The molecule has 3 N–H and O–H groups in total. The highest BCUT2D eigenvalue weighted by atomic mass is 16.4. The molecule has 0 radical (unpaired) electrons. The van der Waals surface area contributed by atoms with Gasteiger partial charge in [-0.25, -0.2) is 0 Å². The number of hydrogen-bond donors (Lipinski definition) is 3. The fraction of sp³-hybridized carbons (Fsp3) is 0.769. The molecule has 0 rings (SSSR count). The van der Waals surface area contributed by atoms with Crippen molar-refractivity contribution in [1.29, 1.82) is 0 Å². The van der Waals surface area contributed by atoms with Crippen LogP contribution in [0.2, 0.25) is 0 Å². The highest BCUT2D eigenvalue weighted by molar-refractivity contribution is 5.67. The fourth-order valence-corrected chi connectivity index (χ4v) is 2.06. The first-order valence-corrected chi connectivity index (χ1v) is 6.57. The molecular formula is C13H22O6. The van der Waals surface area contributed by atoms with Gasteiger partial charge in [-0.1, -0.05) is 0 Å². The molecular weight excluding hydrogens is 252 g/mol. The summed E-state index contributed by atoms with van der Waals surface area (Å²) < 4.78 is 0. The number of rotatable bonds is 12. The van der Waals surface area contributed by atoms with Gasteiger partial charge in [-0.05, 0) is 44.4 Å². The minimum absolute atomic E-state index is 0.106. The van der Waals surface area contributed by atoms with Crippen LogP contribution in [0.3, 0.4) is 0 Å². The summed E-state index contributed by atoms with van der Waals surface area (Å²) in [6, 6.07) is 0. The normalized spacial score (nSPS) is 10.6. The van der Waals surface area contributed by atoms with E-state index in [1.165, 1.54) is 0 Å². The molecule has 0 spiro atoms. The van der Waals surface area contributed by atoms with Crippen LogP contribution >= 0.6 is 0 Å². The van der Waals surface area contributed by atoms with E-state index in [9.17, 15) is 14.4 Å². The topological polar surface area (TPSA) is 112 Å². The van der Waals surface area contributed by atoms with Gasteiger partial charge in [0.05, 0.1) is 0 Å². The van der Waals surface area contributed by atoms with Crippen molar-refractivity contribution in [2.75, 3.05) is 0 Å². The largest absolute Gasteiger partial charge is 0.481 e. The SMILES string of the molecule is O=C(O)CCCC(CCCC(=O)O)CCCC(=O)O. The molecule has 0 amide bonds. The molecule has 0 fully saturated rings. The molecule has 0 saturated carbocycles. The fourth-order valence-electron chi connectivity index (χ4n) is 2.06. The molecule has 0 aliphatic rings. The highest BCUT2D eigenvalue weighted by Gasteiger charge is 2.11. The number of carbonyl (C=O) groups is 3. The Labute approximate surface area is 112 Å². The molecule has 0 atom stereocenters. The second-order valence-electron chi connectivity index (χ2n) is 4.72. The molecule has 0 aliphatic carbocycles. The summed E-state index contributed by atoms with van der Waals surface area (Å²) >= 11 is 0. The molecule has 110 valence electrons. The number of hydrogen-bond acceptors (Lipinski definition) is 3. The second kappa shape index (κ2) is 10.3. The van der Waals surface area contributed by atoms with Gasteiger partial charge in [0, 0.05) is 19.3 Å². The molecule has 6 nitrogen and oxygen atoms in total. The lowest BCUT2D eigenvalue weighted by Crippen LogP contribution is -2.06. The quantitative estimate of drug-likeness (QED) is 0.503. The maximum Gasteiger partial charge on any atom is 0.303 e. The first-order valence-electron chi connectivity index (χ1n) is 6.57. The molecule has 0 aromatic rings. The van der Waals surface area contributed by atoms with Crippen molar-refractivity contribution >= 4 is 17.9 Å². The van der Waals surface area contributed by atoms with E-state index in [0.29, 0.717) is 38.5 Å². The van der Waals surface area contributed by atoms with E-state index < -0.39 is 17.9 Å². The summed E-state index contributed by atoms with van der Waals surface area (Å²) in [7, 11) is 0. The molecule has 0 saturated heterocycles. The van der Waals surface area contributed by atoms with Crippen molar-refractivity contribution in [2.24, 2.45) is 5.92 Å². The number of carboxylic acid groups (broad SMARTS) is 3. The Morgan fingerprint density at radius 1 is 0.632 bits per heavy atom. The van der Waals surface area contributed by atoms with Crippen LogP contribution in [-0.2, 0) is 14.4 Å². The predicted octanol–water partition coefficient (Wildman–Crippen LogP) is 2.37. The second-order valence-corrected chi connectivity index (χ2v) is 4.72. The van der Waals surface area contributed by atoms with E-state index in [2.05, 4.69) is 0 Å². The van der Waals surface area contributed by atoms with Gasteiger partial charge < -0.3 is 15.3 Å². The van der Waals surface area contributed by atoms with Crippen molar-refractivity contribution in [3.8, 4) is 0 Å². The van der Waals surface area contributed by atoms with Gasteiger partial charge in [-0.15, -0.1) is 0 Å². The molecule has 19 heavy (non-hydrogen) atoms. The standard InChI is InChI=1S/C13H22O6/c14-11(15)7-1-4-10(5-2-8-12(16)17)6-3-9-13(18)19/h10H,1-9H2,(H,14,15)(H,16,17)(H,18,19). The average molecular weight is 274 g/mol. The Hall–Kier alpha value is -1.59. The zero-order chi connectivity index (χ0) is 14.7. The molecule has 0 aliphatic heterocycles. The van der Waals surface area contributed by atoms with Gasteiger partial charge in [-0.2, -0.15) is 0 Å². The van der Waals surface area contributed by atoms with Gasteiger partial charge >= 0.3 is 17.9 Å². The predicted molar refractivity (Wildman–Crippen MR) is 68.0 cm³/mol. The lowest BCUT2D eigenvalue weighted by molar-refractivity contribution is -0.138. The van der Waals surface area contributed by atoms with Crippen molar-refractivity contribution in [1.82, 2.24) is 0 Å². The van der Waals surface area contributed by atoms with Gasteiger partial charge in [-0.3, -0.25) is 14.4 Å². The van der Waals surface area contributed by atoms with E-state index in [4.69, 9.17) is 15.3 Å². The van der Waals surface area contributed by atoms with Crippen molar-refractivity contribution in [3.05, 3.63) is 0 Å². The third-order valence-electron chi connectivity index (χ3n) is 3.01. The van der Waals surface area contributed by atoms with E-state index in [0.717, 1.165) is 0 Å². The molecule has 0 heterocycles. The third-order valence-corrected chi connectivity index (χ3v) is 3.01. The van der Waals surface area contributed by atoms with Gasteiger partial charge in [0.25, 0.3) is 0 Å². The van der Waals surface area contributed by atoms with Crippen LogP contribution < -0.4 is 0 Å². The van der Waals surface area contributed by atoms with E-state index >= 15 is 0 Å². The summed E-state index contributed by atoms with van der Waals surface area (Å²) in [6.07, 6.45) is 4.13. The monoisotopic (exact) mass is 274 g/mol. The highest BCUT2D eigenvalue weighted by Crippen LogP contribution is 2.22. The van der Waals surface area contributed by atoms with Crippen LogP contribution in [0, 0.1) is 5.92 Å². The van der Waals surface area contributed by atoms with E-state index in [-0.39, 0.29) is 25.2 Å². The van der Waals surface area contributed by atoms with Crippen LogP contribution in [0.5, 0.6) is 0 Å². The Morgan fingerprint density at radius 3 is 1.11 bits per heavy atom. The summed E-state index contributed by atoms with van der Waals surface area (Å²) in [5.41, 5.74) is 0. The van der Waals surface area contributed by atoms with Crippen LogP contribution in [0.25, 0.3) is 0 Å². The van der Waals surface area contributed by atoms with Crippen LogP contribution in [0.4, 0.5) is 0 Å². The minimum Gasteiger partial charge on any atom is -0.481 e. The van der Waals surface area contributed by atoms with Crippen LogP contribution in [-0.4, -0.2) is 33.2 Å². The smallest absolute Gasteiger partial charge is 0.303 e. The maximum atomic E-state index is 10.4. The molecule has 0 bridgehead atoms. The maximum absolute atomic E-state index is 10.4. The Morgan fingerprint density at radius 2 is 0.895 bits per heavy atom. The van der Waals surface area contributed by atoms with Gasteiger partial charge in [0.2, 0.25) is 0 Å². The van der Waals surface area contributed by atoms with E-state index in [1.54, 1.807) is 0 Å². The first kappa shape index (κ1) is 17.4. The lowest BCUT2D eigenvalue weighted by atomic mass is 9.91. The summed E-state index contributed by atoms with van der Waals surface area (Å²) in [6.45, 7) is 0. The van der Waals surface area contributed by atoms with Crippen LogP contribution in [0.1, 0.15) is 57.8 Å². The molecule has 6 heteroatoms. The zero-order valence-corrected chi connectivity index (χ0v) is 11.0. The third kappa shape index (κ3) is 12.7. The van der Waals surface area contributed by atoms with E-state index in [1.807, 2.05) is 0 Å². The Balaban J connectivity index is 3.94. The molecule has 0 unspecified atom stereocenters. The van der Waals surface area contributed by atoms with Crippen LogP contribution in [0.15, 0.2) is 0 Å². The Bertz CT molecular complexity index is 252. The molecule has 0 aromatic heterocycles. The minimum atomic E-state index is -0.838. The summed E-state index contributed by atoms with van der Waals surface area (Å²) in [5, 5.41) is 25.7. The number of aliphatic carboxylic acids is 3. The first-order chi connectivity index (χ1) is 8.91. The van der Waals surface area contributed by atoms with Gasteiger partial charge in [0.15, 0.2) is 0 Å². The summed E-state index contributed by atoms with van der Waals surface area (Å²) in [5.74, 6) is -2.29. The average Bonchev–Trinajstić information content (AvgIpc) is 2.26.